The minimum absolute atomic E-state index is 0.259. The molecule has 0 bridgehead atoms. The fourth-order valence-electron chi connectivity index (χ4n) is 4.17. The Balaban J connectivity index is 1.27. The van der Waals surface area contributed by atoms with Gasteiger partial charge in [-0.15, -0.1) is 0 Å². The summed E-state index contributed by atoms with van der Waals surface area (Å²) in [6.07, 6.45) is 0.967. The number of halogens is 1. The quantitative estimate of drug-likeness (QED) is 0.683. The first-order valence-electron chi connectivity index (χ1n) is 9.90. The van der Waals surface area contributed by atoms with E-state index in [0.29, 0.717) is 40.4 Å². The number of hydrogen-bond acceptors (Lipinski definition) is 6. The zero-order valence-electron chi connectivity index (χ0n) is 15.5. The van der Waals surface area contributed by atoms with Crippen molar-refractivity contribution in [2.45, 2.75) is 43.2 Å². The van der Waals surface area contributed by atoms with Crippen molar-refractivity contribution in [3.63, 3.8) is 0 Å². The van der Waals surface area contributed by atoms with Crippen LogP contribution in [-0.2, 0) is 9.47 Å². The number of aliphatic hydroxyl groups is 1. The number of ether oxygens (including phenoxy) is 3. The number of pyridine rings is 1. The number of benzene rings is 1. The summed E-state index contributed by atoms with van der Waals surface area (Å²) < 4.78 is 17.1. The molecule has 29 heavy (non-hydrogen) atoms. The number of rotatable bonds is 4. The Morgan fingerprint density at radius 3 is 2.66 bits per heavy atom. The van der Waals surface area contributed by atoms with Crippen molar-refractivity contribution in [3.8, 4) is 17.3 Å². The van der Waals surface area contributed by atoms with E-state index >= 15 is 0 Å². The van der Waals surface area contributed by atoms with Crippen molar-refractivity contribution in [3.05, 3.63) is 40.9 Å². The molecule has 4 heterocycles. The molecule has 1 aliphatic carbocycles. The normalized spacial score (nSPS) is 28.8. The second-order valence-electron chi connectivity index (χ2n) is 7.95. The second-order valence-corrected chi connectivity index (χ2v) is 8.35. The molecule has 0 amide bonds. The van der Waals surface area contributed by atoms with Crippen LogP contribution in [0.5, 0.6) is 6.01 Å². The predicted molar refractivity (Wildman–Crippen MR) is 106 cm³/mol. The fraction of sp³-hybridized carbons (Fsp3) is 0.429. The summed E-state index contributed by atoms with van der Waals surface area (Å²) in [7, 11) is 0. The lowest BCUT2D eigenvalue weighted by Gasteiger charge is -2.15. The van der Waals surface area contributed by atoms with Gasteiger partial charge in [0.05, 0.1) is 29.4 Å². The highest BCUT2D eigenvalue weighted by atomic mass is 35.5. The molecule has 1 aromatic carbocycles. The average molecular weight is 414 g/mol. The standard InChI is InChI=1S/C21H20ClN3O4/c22-13-7-14-20(24-17(13)12-5-3-11(4-6-12)10-1-2-10)25-21(23-14)29-16-9-28-18-15(26)8-27-19(16)18/h3-7,10,15-16,18-19,26H,1-2,8-9H2,(H,23,24,25)/t15?,16?,18-,19-/m1/s1. The van der Waals surface area contributed by atoms with Gasteiger partial charge >= 0.3 is 0 Å². The molecular weight excluding hydrogens is 394 g/mol. The Hall–Kier alpha value is -2.19. The van der Waals surface area contributed by atoms with Crippen LogP contribution >= 0.6 is 11.6 Å². The number of aliphatic hydroxyl groups excluding tert-OH is 1. The molecule has 2 aliphatic heterocycles. The number of fused-ring (bicyclic) bond motifs is 2. The second kappa shape index (κ2) is 6.67. The summed E-state index contributed by atoms with van der Waals surface area (Å²) in [5, 5.41) is 10.4. The number of aromatic amines is 1. The van der Waals surface area contributed by atoms with Gasteiger partial charge in [-0.2, -0.15) is 4.98 Å². The van der Waals surface area contributed by atoms with Crippen LogP contribution in [-0.4, -0.2) is 57.7 Å². The molecule has 3 aliphatic rings. The molecule has 2 aromatic heterocycles. The van der Waals surface area contributed by atoms with E-state index in [-0.39, 0.29) is 24.9 Å². The van der Waals surface area contributed by atoms with E-state index < -0.39 is 6.10 Å². The molecule has 3 fully saturated rings. The zero-order chi connectivity index (χ0) is 19.5. The highest BCUT2D eigenvalue weighted by Gasteiger charge is 2.48. The maximum Gasteiger partial charge on any atom is 0.296 e. The van der Waals surface area contributed by atoms with Crippen LogP contribution in [0, 0.1) is 0 Å². The van der Waals surface area contributed by atoms with Gasteiger partial charge in [-0.1, -0.05) is 35.9 Å². The van der Waals surface area contributed by atoms with Gasteiger partial charge in [0, 0.05) is 5.56 Å². The van der Waals surface area contributed by atoms with Crippen LogP contribution in [0.1, 0.15) is 24.3 Å². The Morgan fingerprint density at radius 2 is 1.86 bits per heavy atom. The lowest BCUT2D eigenvalue weighted by Crippen LogP contribution is -2.34. The van der Waals surface area contributed by atoms with E-state index in [9.17, 15) is 5.11 Å². The van der Waals surface area contributed by atoms with Gasteiger partial charge in [0.15, 0.2) is 11.8 Å². The first kappa shape index (κ1) is 17.7. The molecule has 0 radical (unpaired) electrons. The van der Waals surface area contributed by atoms with Crippen molar-refractivity contribution in [1.29, 1.82) is 0 Å². The molecule has 150 valence electrons. The molecule has 7 nitrogen and oxygen atoms in total. The van der Waals surface area contributed by atoms with E-state index in [4.69, 9.17) is 25.8 Å². The first-order valence-corrected chi connectivity index (χ1v) is 10.3. The Bertz CT molecular complexity index is 1070. The topological polar surface area (TPSA) is 89.5 Å². The first-order chi connectivity index (χ1) is 14.2. The monoisotopic (exact) mass is 413 g/mol. The van der Waals surface area contributed by atoms with Crippen LogP contribution in [0.3, 0.4) is 0 Å². The molecule has 3 aromatic rings. The van der Waals surface area contributed by atoms with Gasteiger partial charge < -0.3 is 24.3 Å². The lowest BCUT2D eigenvalue weighted by atomic mass is 10.1. The maximum atomic E-state index is 9.86. The number of aromatic nitrogens is 3. The van der Waals surface area contributed by atoms with Crippen molar-refractivity contribution in [1.82, 2.24) is 15.0 Å². The number of imidazole rings is 1. The average Bonchev–Trinajstić information content (AvgIpc) is 3.24. The molecule has 2 N–H and O–H groups in total. The van der Waals surface area contributed by atoms with Gasteiger partial charge in [-0.05, 0) is 30.4 Å². The van der Waals surface area contributed by atoms with Gasteiger partial charge in [0.25, 0.3) is 6.01 Å². The Kier molecular flexibility index (Phi) is 4.06. The van der Waals surface area contributed by atoms with E-state index in [2.05, 4.69) is 39.2 Å². The highest BCUT2D eigenvalue weighted by Crippen LogP contribution is 2.41. The fourth-order valence-corrected chi connectivity index (χ4v) is 4.43. The lowest BCUT2D eigenvalue weighted by molar-refractivity contribution is 0.00706. The summed E-state index contributed by atoms with van der Waals surface area (Å²) in [6, 6.07) is 10.6. The minimum Gasteiger partial charge on any atom is -0.456 e. The summed E-state index contributed by atoms with van der Waals surface area (Å²) in [5.74, 6) is 0.713. The number of nitrogens with zero attached hydrogens (tertiary/aromatic N) is 2. The van der Waals surface area contributed by atoms with Crippen molar-refractivity contribution >= 4 is 22.8 Å². The highest BCUT2D eigenvalue weighted by molar-refractivity contribution is 6.33. The van der Waals surface area contributed by atoms with Crippen LogP contribution < -0.4 is 4.74 Å². The van der Waals surface area contributed by atoms with Gasteiger partial charge in [0.1, 0.15) is 18.3 Å². The van der Waals surface area contributed by atoms with E-state index in [0.717, 1.165) is 5.56 Å². The largest absolute Gasteiger partial charge is 0.456 e. The molecular formula is C21H20ClN3O4. The smallest absolute Gasteiger partial charge is 0.296 e. The van der Waals surface area contributed by atoms with Crippen LogP contribution in [0.2, 0.25) is 5.02 Å². The van der Waals surface area contributed by atoms with E-state index in [1.165, 1.54) is 18.4 Å². The number of nitrogens with one attached hydrogen (secondary N) is 1. The van der Waals surface area contributed by atoms with Crippen LogP contribution in [0.4, 0.5) is 0 Å². The van der Waals surface area contributed by atoms with Crippen molar-refractivity contribution in [2.24, 2.45) is 0 Å². The van der Waals surface area contributed by atoms with Gasteiger partial charge in [-0.25, -0.2) is 4.98 Å². The Morgan fingerprint density at radius 1 is 1.07 bits per heavy atom. The summed E-state index contributed by atoms with van der Waals surface area (Å²) in [4.78, 5) is 12.2. The van der Waals surface area contributed by atoms with E-state index in [1.807, 2.05) is 6.07 Å². The van der Waals surface area contributed by atoms with Crippen molar-refractivity contribution < 1.29 is 19.3 Å². The summed E-state index contributed by atoms with van der Waals surface area (Å²) in [6.45, 7) is 0.603. The maximum absolute atomic E-state index is 9.86. The molecule has 1 saturated carbocycles. The van der Waals surface area contributed by atoms with Gasteiger partial charge in [0.2, 0.25) is 0 Å². The summed E-state index contributed by atoms with van der Waals surface area (Å²) >= 11 is 6.50. The SMILES string of the molecule is OC1CO[C@@H]2C(Oc3nc4nc(-c5ccc(C6CC6)cc5)c(Cl)cc4[nH]3)CO[C@H]12. The zero-order valence-corrected chi connectivity index (χ0v) is 16.3. The molecule has 2 saturated heterocycles. The number of hydrogen-bond donors (Lipinski definition) is 2. The number of H-pyrrole nitrogens is 1. The summed E-state index contributed by atoms with van der Waals surface area (Å²) in [5.41, 5.74) is 4.27. The molecule has 4 atom stereocenters. The minimum atomic E-state index is -0.612. The van der Waals surface area contributed by atoms with Crippen LogP contribution in [0.25, 0.3) is 22.4 Å². The van der Waals surface area contributed by atoms with Crippen molar-refractivity contribution in [2.75, 3.05) is 13.2 Å². The van der Waals surface area contributed by atoms with E-state index in [1.54, 1.807) is 0 Å². The van der Waals surface area contributed by atoms with Gasteiger partial charge in [-0.3, -0.25) is 0 Å². The third-order valence-corrected chi connectivity index (χ3v) is 6.17. The third kappa shape index (κ3) is 3.09. The molecule has 2 unspecified atom stereocenters. The third-order valence-electron chi connectivity index (χ3n) is 5.88. The Labute approximate surface area is 172 Å². The molecule has 6 rings (SSSR count). The van der Waals surface area contributed by atoms with Crippen LogP contribution in [0.15, 0.2) is 30.3 Å². The predicted octanol–water partition coefficient (Wildman–Crippen LogP) is 3.06. The molecule has 0 spiro atoms. The molecule has 8 heteroatoms.